The highest BCUT2D eigenvalue weighted by Crippen LogP contribution is 2.29. The topological polar surface area (TPSA) is 93.7 Å². The first-order chi connectivity index (χ1) is 15.4. The fourth-order valence-corrected chi connectivity index (χ4v) is 4.03. The Kier molecular flexibility index (Phi) is 9.23. The summed E-state index contributed by atoms with van der Waals surface area (Å²) in [6.07, 6.45) is 4.16. The molecular weight excluding hydrogens is 420 g/mol. The molecule has 1 aromatic rings. The molecule has 1 heterocycles. The first kappa shape index (κ1) is 27.0. The summed E-state index contributed by atoms with van der Waals surface area (Å²) in [6.45, 7) is 14.7. The highest BCUT2D eigenvalue weighted by molar-refractivity contribution is 5.98. The largest absolute Gasteiger partial charge is 0.469 e. The molecule has 2 rings (SSSR count). The van der Waals surface area contributed by atoms with E-state index in [0.717, 1.165) is 12.8 Å². The van der Waals surface area contributed by atoms with Crippen LogP contribution < -0.4 is 5.32 Å². The van der Waals surface area contributed by atoms with Crippen LogP contribution in [-0.2, 0) is 19.7 Å². The summed E-state index contributed by atoms with van der Waals surface area (Å²) in [5.74, 6) is 0.833. The fraction of sp³-hybridized carbons (Fsp3) is 0.760. The zero-order chi connectivity index (χ0) is 24.9. The van der Waals surface area contributed by atoms with Gasteiger partial charge >= 0.3 is 5.97 Å². The average molecular weight is 463 g/mol. The minimum Gasteiger partial charge on any atom is -0.469 e. The number of ether oxygens (including phenoxy) is 2. The molecule has 186 valence electrons. The lowest BCUT2D eigenvalue weighted by Crippen LogP contribution is -2.44. The number of hydrogen-bond acceptors (Lipinski definition) is 7. The third-order valence-electron chi connectivity index (χ3n) is 6.11. The minimum atomic E-state index is -0.300. The quantitative estimate of drug-likeness (QED) is 0.524. The van der Waals surface area contributed by atoms with Crippen molar-refractivity contribution < 1.29 is 19.1 Å². The van der Waals surface area contributed by atoms with Gasteiger partial charge in [0.2, 0.25) is 0 Å². The summed E-state index contributed by atoms with van der Waals surface area (Å²) in [5.41, 5.74) is 0.218. The van der Waals surface area contributed by atoms with E-state index in [1.54, 1.807) is 13.3 Å². The first-order valence-electron chi connectivity index (χ1n) is 11.9. The van der Waals surface area contributed by atoms with E-state index in [1.165, 1.54) is 7.11 Å². The fourth-order valence-electron chi connectivity index (χ4n) is 4.03. The highest BCUT2D eigenvalue weighted by atomic mass is 16.5. The Bertz CT molecular complexity index is 815. The monoisotopic (exact) mass is 462 g/mol. The van der Waals surface area contributed by atoms with Gasteiger partial charge in [0.25, 0.3) is 5.91 Å². The highest BCUT2D eigenvalue weighted by Gasteiger charge is 2.33. The standard InChI is InChI=1S/C25H42N4O4/c1-15(2)14-29(17(4)10-16(3)23(31)33-9)22(30)20-13-26-24(25(5,6)7)28-21(20)27-18-11-19(12-18)32-8/h13,15-19H,10-12,14H2,1-9H3,(H,26,27,28)/t16-,17+,18?,19?/m0/s1. The summed E-state index contributed by atoms with van der Waals surface area (Å²) < 4.78 is 10.3. The van der Waals surface area contributed by atoms with Gasteiger partial charge in [-0.25, -0.2) is 9.97 Å². The predicted molar refractivity (Wildman–Crippen MR) is 129 cm³/mol. The summed E-state index contributed by atoms with van der Waals surface area (Å²) in [6, 6.07) is 0.0604. The molecule has 8 nitrogen and oxygen atoms in total. The molecule has 0 spiro atoms. The van der Waals surface area contributed by atoms with Gasteiger partial charge in [-0.05, 0) is 32.1 Å². The van der Waals surface area contributed by atoms with Crippen LogP contribution in [-0.4, -0.2) is 65.7 Å². The Labute approximate surface area is 198 Å². The zero-order valence-electron chi connectivity index (χ0n) is 21.8. The van der Waals surface area contributed by atoms with Crippen LogP contribution in [0.4, 0.5) is 5.82 Å². The number of carbonyl (C=O) groups is 2. The maximum absolute atomic E-state index is 13.8. The van der Waals surface area contributed by atoms with Crippen molar-refractivity contribution in [3.8, 4) is 0 Å². The van der Waals surface area contributed by atoms with Gasteiger partial charge in [0.1, 0.15) is 17.2 Å². The molecule has 0 bridgehead atoms. The number of rotatable bonds is 10. The molecule has 0 aromatic carbocycles. The number of nitrogens with zero attached hydrogens (tertiary/aromatic N) is 3. The minimum absolute atomic E-state index is 0.126. The number of carbonyl (C=O) groups excluding carboxylic acids is 2. The van der Waals surface area contributed by atoms with Crippen molar-refractivity contribution in [2.75, 3.05) is 26.1 Å². The number of hydrogen-bond donors (Lipinski definition) is 1. The zero-order valence-corrected chi connectivity index (χ0v) is 21.8. The van der Waals surface area contributed by atoms with E-state index in [2.05, 4.69) is 44.9 Å². The van der Waals surface area contributed by atoms with E-state index >= 15 is 0 Å². The molecule has 1 N–H and O–H groups in total. The Hall–Kier alpha value is -2.22. The van der Waals surface area contributed by atoms with E-state index in [-0.39, 0.29) is 47.3 Å². The lowest BCUT2D eigenvalue weighted by Gasteiger charge is -2.36. The number of anilines is 1. The molecule has 1 aliphatic rings. The number of methoxy groups -OCH3 is 2. The van der Waals surface area contributed by atoms with Gasteiger partial charge in [-0.1, -0.05) is 41.5 Å². The summed E-state index contributed by atoms with van der Waals surface area (Å²) in [7, 11) is 3.11. The molecule has 1 fully saturated rings. The molecule has 1 aromatic heterocycles. The SMILES string of the molecule is COC(=O)[C@@H](C)C[C@@H](C)N(CC(C)C)C(=O)c1cnc(C(C)(C)C)nc1NC1CC(OC)C1. The van der Waals surface area contributed by atoms with E-state index in [4.69, 9.17) is 14.5 Å². The van der Waals surface area contributed by atoms with Crippen LogP contribution >= 0.6 is 0 Å². The van der Waals surface area contributed by atoms with Crippen LogP contribution in [0.5, 0.6) is 0 Å². The Morgan fingerprint density at radius 1 is 1.18 bits per heavy atom. The number of aromatic nitrogens is 2. The number of nitrogens with one attached hydrogen (secondary N) is 1. The van der Waals surface area contributed by atoms with Crippen molar-refractivity contribution >= 4 is 17.7 Å². The predicted octanol–water partition coefficient (Wildman–Crippen LogP) is 4.05. The molecule has 0 radical (unpaired) electrons. The molecule has 1 amide bonds. The van der Waals surface area contributed by atoms with Crippen LogP contribution in [0.2, 0.25) is 0 Å². The lowest BCUT2D eigenvalue weighted by atomic mass is 9.89. The van der Waals surface area contributed by atoms with Gasteiger partial charge in [-0.3, -0.25) is 9.59 Å². The number of amides is 1. The van der Waals surface area contributed by atoms with Gasteiger partial charge < -0.3 is 19.7 Å². The van der Waals surface area contributed by atoms with Crippen molar-refractivity contribution in [1.29, 1.82) is 0 Å². The van der Waals surface area contributed by atoms with E-state index in [0.29, 0.717) is 30.2 Å². The van der Waals surface area contributed by atoms with Crippen molar-refractivity contribution in [3.05, 3.63) is 17.6 Å². The van der Waals surface area contributed by atoms with Crippen LogP contribution in [0.15, 0.2) is 6.20 Å². The van der Waals surface area contributed by atoms with E-state index in [1.807, 2.05) is 18.7 Å². The first-order valence-corrected chi connectivity index (χ1v) is 11.9. The van der Waals surface area contributed by atoms with E-state index < -0.39 is 0 Å². The smallest absolute Gasteiger partial charge is 0.308 e. The maximum atomic E-state index is 13.8. The van der Waals surface area contributed by atoms with Crippen molar-refractivity contribution in [2.24, 2.45) is 11.8 Å². The van der Waals surface area contributed by atoms with Gasteiger partial charge in [0.05, 0.1) is 19.1 Å². The molecule has 0 saturated heterocycles. The van der Waals surface area contributed by atoms with E-state index in [9.17, 15) is 9.59 Å². The van der Waals surface area contributed by atoms with Gasteiger partial charge in [-0.15, -0.1) is 0 Å². The van der Waals surface area contributed by atoms with Gasteiger partial charge in [0, 0.05) is 37.4 Å². The van der Waals surface area contributed by atoms with Crippen LogP contribution in [0.1, 0.15) is 83.9 Å². The van der Waals surface area contributed by atoms with Gasteiger partial charge in [-0.2, -0.15) is 0 Å². The summed E-state index contributed by atoms with van der Waals surface area (Å²) in [5, 5.41) is 3.47. The molecule has 2 atom stereocenters. The van der Waals surface area contributed by atoms with Crippen LogP contribution in [0.25, 0.3) is 0 Å². The van der Waals surface area contributed by atoms with Crippen molar-refractivity contribution in [2.45, 2.75) is 91.3 Å². The molecule has 8 heteroatoms. The van der Waals surface area contributed by atoms with Crippen molar-refractivity contribution in [3.63, 3.8) is 0 Å². The summed E-state index contributed by atoms with van der Waals surface area (Å²) in [4.78, 5) is 36.9. The van der Waals surface area contributed by atoms with Crippen LogP contribution in [0.3, 0.4) is 0 Å². The average Bonchev–Trinajstić information content (AvgIpc) is 2.71. The molecule has 0 unspecified atom stereocenters. The Morgan fingerprint density at radius 2 is 1.82 bits per heavy atom. The molecule has 0 aliphatic heterocycles. The second kappa shape index (κ2) is 11.3. The normalized spacial score (nSPS) is 20.1. The lowest BCUT2D eigenvalue weighted by molar-refractivity contribution is -0.145. The molecular formula is C25H42N4O4. The Morgan fingerprint density at radius 3 is 2.33 bits per heavy atom. The second-order valence-corrected chi connectivity index (χ2v) is 10.7. The van der Waals surface area contributed by atoms with Crippen LogP contribution in [0, 0.1) is 11.8 Å². The third kappa shape index (κ3) is 7.13. The third-order valence-corrected chi connectivity index (χ3v) is 6.11. The number of esters is 1. The molecule has 1 saturated carbocycles. The van der Waals surface area contributed by atoms with Crippen molar-refractivity contribution in [1.82, 2.24) is 14.9 Å². The maximum Gasteiger partial charge on any atom is 0.308 e. The molecule has 1 aliphatic carbocycles. The Balaban J connectivity index is 2.35. The molecule has 33 heavy (non-hydrogen) atoms. The second-order valence-electron chi connectivity index (χ2n) is 10.7. The summed E-state index contributed by atoms with van der Waals surface area (Å²) >= 11 is 0. The van der Waals surface area contributed by atoms with Gasteiger partial charge in [0.15, 0.2) is 0 Å².